The highest BCUT2D eigenvalue weighted by molar-refractivity contribution is 5.85. The van der Waals surface area contributed by atoms with E-state index in [0.29, 0.717) is 12.5 Å². The fourth-order valence-electron chi connectivity index (χ4n) is 1.67. The first-order chi connectivity index (χ1) is 7.66. The third-order valence-corrected chi connectivity index (χ3v) is 2.67. The van der Waals surface area contributed by atoms with Gasteiger partial charge in [-0.15, -0.1) is 12.4 Å². The molecule has 1 atom stereocenters. The van der Waals surface area contributed by atoms with Crippen molar-refractivity contribution in [3.8, 4) is 0 Å². The van der Waals surface area contributed by atoms with Gasteiger partial charge in [0.25, 0.3) is 0 Å². The number of carbonyl (C=O) groups is 1. The Bertz CT molecular complexity index is 369. The minimum atomic E-state index is -0.0532. The lowest BCUT2D eigenvalue weighted by molar-refractivity contribution is 0.191. The van der Waals surface area contributed by atoms with Crippen LogP contribution in [0.1, 0.15) is 19.4 Å². The van der Waals surface area contributed by atoms with Gasteiger partial charge in [0.15, 0.2) is 0 Å². The molecule has 0 saturated carbocycles. The van der Waals surface area contributed by atoms with E-state index in [9.17, 15) is 4.79 Å². The van der Waals surface area contributed by atoms with Gasteiger partial charge in [0.05, 0.1) is 6.54 Å². The first-order valence-corrected chi connectivity index (χ1v) is 5.55. The van der Waals surface area contributed by atoms with Crippen molar-refractivity contribution in [2.24, 2.45) is 5.92 Å². The van der Waals surface area contributed by atoms with Crippen molar-refractivity contribution in [2.75, 3.05) is 0 Å². The van der Waals surface area contributed by atoms with Gasteiger partial charge in [0, 0.05) is 0 Å². The lowest BCUT2D eigenvalue weighted by Gasteiger charge is -2.17. The summed E-state index contributed by atoms with van der Waals surface area (Å²) in [6.07, 6.45) is 0.0382. The normalized spacial score (nSPS) is 19.1. The summed E-state index contributed by atoms with van der Waals surface area (Å²) in [6, 6.07) is 9.89. The molecule has 17 heavy (non-hydrogen) atoms. The number of benzene rings is 1. The molecule has 0 radical (unpaired) electrons. The molecular weight excluding hydrogens is 238 g/mol. The van der Waals surface area contributed by atoms with Gasteiger partial charge < -0.3 is 5.32 Å². The van der Waals surface area contributed by atoms with Crippen LogP contribution in [-0.2, 0) is 6.54 Å². The monoisotopic (exact) mass is 255 g/mol. The van der Waals surface area contributed by atoms with Gasteiger partial charge in [0.1, 0.15) is 6.17 Å². The molecule has 1 heterocycles. The van der Waals surface area contributed by atoms with Crippen LogP contribution in [0.15, 0.2) is 30.3 Å². The number of nitrogens with zero attached hydrogens (tertiary/aromatic N) is 1. The predicted molar refractivity (Wildman–Crippen MR) is 69.5 cm³/mol. The van der Waals surface area contributed by atoms with Crippen molar-refractivity contribution in [3.63, 3.8) is 0 Å². The number of urea groups is 1. The van der Waals surface area contributed by atoms with Gasteiger partial charge >= 0.3 is 6.03 Å². The smallest absolute Gasteiger partial charge is 0.320 e. The number of rotatable bonds is 3. The minimum Gasteiger partial charge on any atom is -0.320 e. The number of hydrogen-bond donors (Lipinski definition) is 2. The van der Waals surface area contributed by atoms with E-state index in [-0.39, 0.29) is 24.6 Å². The van der Waals surface area contributed by atoms with Crippen molar-refractivity contribution < 1.29 is 4.79 Å². The summed E-state index contributed by atoms with van der Waals surface area (Å²) in [5.41, 5.74) is 4.28. The Morgan fingerprint density at radius 3 is 2.47 bits per heavy atom. The zero-order chi connectivity index (χ0) is 11.5. The quantitative estimate of drug-likeness (QED) is 0.869. The molecule has 1 aromatic rings. The number of carbonyl (C=O) groups excluding carboxylic acids is 1. The maximum Gasteiger partial charge on any atom is 0.333 e. The Labute approximate surface area is 108 Å². The zero-order valence-corrected chi connectivity index (χ0v) is 10.8. The molecule has 2 rings (SSSR count). The molecule has 1 aliphatic rings. The van der Waals surface area contributed by atoms with E-state index in [1.54, 1.807) is 5.01 Å². The first-order valence-electron chi connectivity index (χ1n) is 5.55. The summed E-state index contributed by atoms with van der Waals surface area (Å²) in [4.78, 5) is 11.6. The Morgan fingerprint density at radius 1 is 1.29 bits per heavy atom. The number of nitrogens with one attached hydrogen (secondary N) is 2. The van der Waals surface area contributed by atoms with E-state index in [4.69, 9.17) is 0 Å². The molecule has 0 aliphatic carbocycles. The standard InChI is InChI=1S/C12H17N3O.ClH/c1-9(2)11-13-12(16)15(14-11)8-10-6-4-3-5-7-10;/h3-7,9,11,14H,8H2,1-2H3,(H,13,16);1H. The van der Waals surface area contributed by atoms with Crippen LogP contribution in [0, 0.1) is 5.92 Å². The molecule has 1 aromatic carbocycles. The molecule has 2 amide bonds. The van der Waals surface area contributed by atoms with Crippen LogP contribution >= 0.6 is 12.4 Å². The van der Waals surface area contributed by atoms with Crippen LogP contribution in [0.4, 0.5) is 4.79 Å². The fourth-order valence-corrected chi connectivity index (χ4v) is 1.67. The summed E-state index contributed by atoms with van der Waals surface area (Å²) in [6.45, 7) is 4.74. The van der Waals surface area contributed by atoms with E-state index in [1.807, 2.05) is 30.3 Å². The molecule has 1 fully saturated rings. The van der Waals surface area contributed by atoms with Gasteiger partial charge in [0.2, 0.25) is 0 Å². The van der Waals surface area contributed by atoms with Gasteiger partial charge in [-0.05, 0) is 11.5 Å². The highest BCUT2D eigenvalue weighted by atomic mass is 35.5. The molecule has 4 nitrogen and oxygen atoms in total. The van der Waals surface area contributed by atoms with Gasteiger partial charge in [-0.1, -0.05) is 44.2 Å². The van der Waals surface area contributed by atoms with E-state index in [0.717, 1.165) is 5.56 Å². The van der Waals surface area contributed by atoms with Crippen LogP contribution in [0.25, 0.3) is 0 Å². The molecule has 0 aromatic heterocycles. The lowest BCUT2D eigenvalue weighted by Crippen LogP contribution is -2.39. The SMILES string of the molecule is CC(C)C1NC(=O)N(Cc2ccccc2)N1.Cl. The van der Waals surface area contributed by atoms with E-state index in [1.165, 1.54) is 0 Å². The van der Waals surface area contributed by atoms with Crippen LogP contribution in [0.3, 0.4) is 0 Å². The van der Waals surface area contributed by atoms with Crippen molar-refractivity contribution in [3.05, 3.63) is 35.9 Å². The van der Waals surface area contributed by atoms with Crippen LogP contribution < -0.4 is 10.7 Å². The van der Waals surface area contributed by atoms with E-state index < -0.39 is 0 Å². The third kappa shape index (κ3) is 3.35. The predicted octanol–water partition coefficient (Wildman–Crippen LogP) is 2.12. The van der Waals surface area contributed by atoms with Crippen LogP contribution in [0.5, 0.6) is 0 Å². The van der Waals surface area contributed by atoms with Crippen LogP contribution in [-0.4, -0.2) is 17.2 Å². The minimum absolute atomic E-state index is 0. The molecule has 0 spiro atoms. The van der Waals surface area contributed by atoms with Gasteiger partial charge in [-0.3, -0.25) is 5.01 Å². The molecule has 5 heteroatoms. The van der Waals surface area contributed by atoms with Gasteiger partial charge in [-0.25, -0.2) is 10.2 Å². The number of halogens is 1. The average molecular weight is 256 g/mol. The lowest BCUT2D eigenvalue weighted by atomic mass is 10.2. The Hall–Kier alpha value is -1.26. The number of amides is 2. The molecule has 94 valence electrons. The van der Waals surface area contributed by atoms with E-state index in [2.05, 4.69) is 24.6 Å². The number of hydrazine groups is 1. The molecule has 1 aliphatic heterocycles. The maximum absolute atomic E-state index is 11.6. The van der Waals surface area contributed by atoms with Crippen molar-refractivity contribution in [1.29, 1.82) is 0 Å². The second-order valence-electron chi connectivity index (χ2n) is 4.37. The fraction of sp³-hybridized carbons (Fsp3) is 0.417. The topological polar surface area (TPSA) is 44.4 Å². The maximum atomic E-state index is 11.6. The third-order valence-electron chi connectivity index (χ3n) is 2.67. The van der Waals surface area contributed by atoms with Crippen molar-refractivity contribution in [2.45, 2.75) is 26.6 Å². The molecule has 1 unspecified atom stereocenters. The molecule has 0 bridgehead atoms. The molecule has 2 N–H and O–H groups in total. The van der Waals surface area contributed by atoms with E-state index >= 15 is 0 Å². The average Bonchev–Trinajstić information content (AvgIpc) is 2.62. The summed E-state index contributed by atoms with van der Waals surface area (Å²) in [7, 11) is 0. The highest BCUT2D eigenvalue weighted by Crippen LogP contribution is 2.10. The summed E-state index contributed by atoms with van der Waals surface area (Å²) >= 11 is 0. The first kappa shape index (κ1) is 13.8. The largest absolute Gasteiger partial charge is 0.333 e. The van der Waals surface area contributed by atoms with Crippen molar-refractivity contribution >= 4 is 18.4 Å². The number of hydrogen-bond acceptors (Lipinski definition) is 2. The highest BCUT2D eigenvalue weighted by Gasteiger charge is 2.29. The zero-order valence-electron chi connectivity index (χ0n) is 10.0. The second-order valence-corrected chi connectivity index (χ2v) is 4.37. The Balaban J connectivity index is 0.00000144. The summed E-state index contributed by atoms with van der Waals surface area (Å²) in [5.74, 6) is 0.379. The Morgan fingerprint density at radius 2 is 1.94 bits per heavy atom. The second kappa shape index (κ2) is 5.89. The van der Waals surface area contributed by atoms with Crippen molar-refractivity contribution in [1.82, 2.24) is 15.8 Å². The van der Waals surface area contributed by atoms with Gasteiger partial charge in [-0.2, -0.15) is 0 Å². The summed E-state index contributed by atoms with van der Waals surface area (Å²) < 4.78 is 0. The molecule has 1 saturated heterocycles. The Kier molecular flexibility index (Phi) is 4.78. The molecular formula is C12H18ClN3O. The van der Waals surface area contributed by atoms with Crippen LogP contribution in [0.2, 0.25) is 0 Å². The summed E-state index contributed by atoms with van der Waals surface area (Å²) in [5, 5.41) is 4.52.